The third-order valence-corrected chi connectivity index (χ3v) is 3.94. The number of nitrogens with two attached hydrogens (primary N) is 1. The number of anilines is 1. The molecule has 3 rings (SSSR count). The molecule has 0 fully saturated rings. The van der Waals surface area contributed by atoms with Gasteiger partial charge in [0.15, 0.2) is 0 Å². The minimum absolute atomic E-state index is 0.0597. The average Bonchev–Trinajstić information content (AvgIpc) is 2.51. The quantitative estimate of drug-likeness (QED) is 0.920. The number of nitriles is 1. The van der Waals surface area contributed by atoms with Crippen LogP contribution < -0.4 is 15.4 Å². The third kappa shape index (κ3) is 2.65. The monoisotopic (exact) mass is 327 g/mol. The van der Waals surface area contributed by atoms with E-state index in [4.69, 9.17) is 10.5 Å². The molecule has 1 atom stereocenters. The number of rotatable bonds is 2. The lowest BCUT2D eigenvalue weighted by Crippen LogP contribution is -2.21. The van der Waals surface area contributed by atoms with Crippen LogP contribution in [0.3, 0.4) is 0 Å². The molecule has 1 unspecified atom stereocenters. The van der Waals surface area contributed by atoms with Gasteiger partial charge in [0.2, 0.25) is 5.88 Å². The summed E-state index contributed by atoms with van der Waals surface area (Å²) in [5.74, 6) is -1.69. The van der Waals surface area contributed by atoms with Crippen molar-refractivity contribution in [2.45, 2.75) is 5.92 Å². The number of benzene rings is 2. The molecule has 0 spiro atoms. The predicted octanol–water partition coefficient (Wildman–Crippen LogP) is 3.25. The molecule has 2 aromatic carbocycles. The zero-order valence-electron chi connectivity index (χ0n) is 13.2. The SMILES string of the molecule is CN(C)c1ccc2c(c1)OC(N)=C(C#N)C2c1cc(F)cc(F)c1. The van der Waals surface area contributed by atoms with Gasteiger partial charge in [-0.2, -0.15) is 5.26 Å². The first-order valence-electron chi connectivity index (χ1n) is 7.25. The van der Waals surface area contributed by atoms with Gasteiger partial charge in [0.1, 0.15) is 29.0 Å². The molecule has 4 nitrogen and oxygen atoms in total. The molecular formula is C18H15F2N3O. The fourth-order valence-corrected chi connectivity index (χ4v) is 2.81. The molecule has 0 saturated heterocycles. The summed E-state index contributed by atoms with van der Waals surface area (Å²) in [6.45, 7) is 0. The van der Waals surface area contributed by atoms with Crippen LogP contribution in [0.4, 0.5) is 14.5 Å². The fraction of sp³-hybridized carbons (Fsp3) is 0.167. The molecule has 1 aliphatic rings. The second-order valence-electron chi connectivity index (χ2n) is 5.74. The summed E-state index contributed by atoms with van der Waals surface area (Å²) < 4.78 is 32.9. The van der Waals surface area contributed by atoms with Gasteiger partial charge in [-0.3, -0.25) is 0 Å². The number of hydrogen-bond donors (Lipinski definition) is 1. The number of fused-ring (bicyclic) bond motifs is 1. The summed E-state index contributed by atoms with van der Waals surface area (Å²) in [6.07, 6.45) is 0. The van der Waals surface area contributed by atoms with Crippen molar-refractivity contribution in [1.29, 1.82) is 5.26 Å². The first-order chi connectivity index (χ1) is 11.4. The lowest BCUT2D eigenvalue weighted by atomic mass is 9.83. The molecule has 0 aliphatic carbocycles. The van der Waals surface area contributed by atoms with Crippen molar-refractivity contribution < 1.29 is 13.5 Å². The van der Waals surface area contributed by atoms with E-state index in [0.717, 1.165) is 11.8 Å². The van der Waals surface area contributed by atoms with E-state index in [9.17, 15) is 14.0 Å². The van der Waals surface area contributed by atoms with Gasteiger partial charge in [0, 0.05) is 37.5 Å². The van der Waals surface area contributed by atoms with Crippen molar-refractivity contribution in [3.05, 3.63) is 70.6 Å². The zero-order valence-corrected chi connectivity index (χ0v) is 13.2. The Labute approximate surface area is 138 Å². The van der Waals surface area contributed by atoms with Crippen molar-refractivity contribution in [2.24, 2.45) is 5.73 Å². The van der Waals surface area contributed by atoms with E-state index >= 15 is 0 Å². The van der Waals surface area contributed by atoms with Crippen LogP contribution in [-0.2, 0) is 0 Å². The highest BCUT2D eigenvalue weighted by atomic mass is 19.1. The first kappa shape index (κ1) is 15.8. The largest absolute Gasteiger partial charge is 0.440 e. The Hall–Kier alpha value is -3.07. The van der Waals surface area contributed by atoms with Crippen molar-refractivity contribution in [1.82, 2.24) is 0 Å². The van der Waals surface area contributed by atoms with E-state index in [-0.39, 0.29) is 11.5 Å². The lowest BCUT2D eigenvalue weighted by Gasteiger charge is -2.27. The maximum atomic E-state index is 13.6. The predicted molar refractivity (Wildman–Crippen MR) is 86.4 cm³/mol. The van der Waals surface area contributed by atoms with E-state index < -0.39 is 17.6 Å². The number of nitrogens with zero attached hydrogens (tertiary/aromatic N) is 2. The summed E-state index contributed by atoms with van der Waals surface area (Å²) in [7, 11) is 3.76. The van der Waals surface area contributed by atoms with Gasteiger partial charge in [0.05, 0.1) is 5.92 Å². The van der Waals surface area contributed by atoms with Crippen LogP contribution in [0.1, 0.15) is 17.0 Å². The molecule has 0 aromatic heterocycles. The van der Waals surface area contributed by atoms with Gasteiger partial charge in [0.25, 0.3) is 0 Å². The summed E-state index contributed by atoms with van der Waals surface area (Å²) in [5, 5.41) is 9.44. The van der Waals surface area contributed by atoms with Gasteiger partial charge < -0.3 is 15.4 Å². The number of allylic oxidation sites excluding steroid dienone is 1. The second-order valence-corrected chi connectivity index (χ2v) is 5.74. The molecule has 0 bridgehead atoms. The van der Waals surface area contributed by atoms with Gasteiger partial charge in [-0.05, 0) is 23.8 Å². The molecule has 0 amide bonds. The molecule has 24 heavy (non-hydrogen) atoms. The van der Waals surface area contributed by atoms with Crippen LogP contribution in [0.15, 0.2) is 47.9 Å². The van der Waals surface area contributed by atoms with Crippen molar-refractivity contribution >= 4 is 5.69 Å². The van der Waals surface area contributed by atoms with Crippen LogP contribution >= 0.6 is 0 Å². The van der Waals surface area contributed by atoms with Crippen molar-refractivity contribution in [2.75, 3.05) is 19.0 Å². The molecule has 122 valence electrons. The van der Waals surface area contributed by atoms with Crippen LogP contribution in [0.2, 0.25) is 0 Å². The molecule has 1 aliphatic heterocycles. The molecule has 2 aromatic rings. The van der Waals surface area contributed by atoms with Crippen LogP contribution in [-0.4, -0.2) is 14.1 Å². The Kier molecular flexibility index (Phi) is 3.86. The number of ether oxygens (including phenoxy) is 1. The van der Waals surface area contributed by atoms with E-state index in [2.05, 4.69) is 0 Å². The van der Waals surface area contributed by atoms with E-state index in [1.165, 1.54) is 12.1 Å². The topological polar surface area (TPSA) is 62.3 Å². The zero-order chi connectivity index (χ0) is 17.4. The molecule has 6 heteroatoms. The Balaban J connectivity index is 2.22. The molecule has 0 radical (unpaired) electrons. The summed E-state index contributed by atoms with van der Waals surface area (Å²) in [6, 6.07) is 10.6. The summed E-state index contributed by atoms with van der Waals surface area (Å²) in [5.41, 5.74) is 7.83. The Morgan fingerprint density at radius 3 is 2.38 bits per heavy atom. The van der Waals surface area contributed by atoms with Crippen LogP contribution in [0.5, 0.6) is 5.75 Å². The average molecular weight is 327 g/mol. The van der Waals surface area contributed by atoms with Gasteiger partial charge in [-0.25, -0.2) is 8.78 Å². The highest BCUT2D eigenvalue weighted by Gasteiger charge is 2.31. The van der Waals surface area contributed by atoms with E-state index in [1.807, 2.05) is 31.1 Å². The van der Waals surface area contributed by atoms with E-state index in [1.54, 1.807) is 12.1 Å². The van der Waals surface area contributed by atoms with Gasteiger partial charge in [-0.15, -0.1) is 0 Å². The third-order valence-electron chi connectivity index (χ3n) is 3.94. The van der Waals surface area contributed by atoms with Crippen molar-refractivity contribution in [3.8, 4) is 11.8 Å². The lowest BCUT2D eigenvalue weighted by molar-refractivity contribution is 0.393. The minimum atomic E-state index is -0.709. The maximum Gasteiger partial charge on any atom is 0.205 e. The normalized spacial score (nSPS) is 16.2. The molecule has 1 heterocycles. The van der Waals surface area contributed by atoms with Crippen molar-refractivity contribution in [3.63, 3.8) is 0 Å². The number of halogens is 2. The van der Waals surface area contributed by atoms with Gasteiger partial charge >= 0.3 is 0 Å². The Bertz CT molecular complexity index is 864. The first-order valence-corrected chi connectivity index (χ1v) is 7.25. The highest BCUT2D eigenvalue weighted by molar-refractivity contribution is 5.61. The van der Waals surface area contributed by atoms with Gasteiger partial charge in [-0.1, -0.05) is 6.07 Å². The van der Waals surface area contributed by atoms with Crippen LogP contribution in [0, 0.1) is 23.0 Å². The maximum absolute atomic E-state index is 13.6. The molecule has 2 N–H and O–H groups in total. The standard InChI is InChI=1S/C18H15F2N3O/c1-23(2)13-3-4-14-16(8-13)24-18(22)15(9-21)17(14)10-5-11(19)7-12(20)6-10/h3-8,17H,22H2,1-2H3. The van der Waals surface area contributed by atoms with Crippen LogP contribution in [0.25, 0.3) is 0 Å². The fourth-order valence-electron chi connectivity index (χ4n) is 2.81. The minimum Gasteiger partial charge on any atom is -0.440 e. The summed E-state index contributed by atoms with van der Waals surface area (Å²) >= 11 is 0. The Morgan fingerprint density at radius 1 is 1.12 bits per heavy atom. The molecule has 0 saturated carbocycles. The second kappa shape index (κ2) is 5.85. The Morgan fingerprint density at radius 2 is 1.79 bits per heavy atom. The highest BCUT2D eigenvalue weighted by Crippen LogP contribution is 2.43. The molecular weight excluding hydrogens is 312 g/mol. The summed E-state index contributed by atoms with van der Waals surface area (Å²) in [4.78, 5) is 1.89. The van der Waals surface area contributed by atoms with E-state index in [0.29, 0.717) is 16.9 Å². The number of hydrogen-bond acceptors (Lipinski definition) is 4. The smallest absolute Gasteiger partial charge is 0.205 e.